The molecule has 0 heterocycles. The number of hydrogen-bond donors (Lipinski definition) is 1. The molecular formula is C6H12N2O3S. The Labute approximate surface area is 75.6 Å². The van der Waals surface area contributed by atoms with Crippen molar-refractivity contribution in [1.82, 2.24) is 9.62 Å². The average molecular weight is 192 g/mol. The van der Waals surface area contributed by atoms with Crippen LogP contribution in [0.25, 0.3) is 0 Å². The Kier molecular flexibility index (Phi) is 5.27. The third-order valence-corrected chi connectivity index (χ3v) is 1.41. The minimum Gasteiger partial charge on any atom is -0.449 e. The number of ether oxygens (including phenoxy) is 1. The van der Waals surface area contributed by atoms with Gasteiger partial charge in [-0.15, -0.1) is 0 Å². The molecule has 5 nitrogen and oxygen atoms in total. The summed E-state index contributed by atoms with van der Waals surface area (Å²) in [6, 6.07) is -0.485. The van der Waals surface area contributed by atoms with Crippen LogP contribution in [0.1, 0.15) is 6.92 Å². The molecule has 0 aliphatic carbocycles. The van der Waals surface area contributed by atoms with E-state index in [-0.39, 0.29) is 6.61 Å². The summed E-state index contributed by atoms with van der Waals surface area (Å²) < 4.78 is 6.98. The molecule has 0 radical (unpaired) electrons. The van der Waals surface area contributed by atoms with Crippen LogP contribution in [0.5, 0.6) is 0 Å². The van der Waals surface area contributed by atoms with Crippen molar-refractivity contribution in [2.45, 2.75) is 6.92 Å². The van der Waals surface area contributed by atoms with E-state index >= 15 is 0 Å². The number of carbonyl (C=O) groups is 2. The summed E-state index contributed by atoms with van der Waals surface area (Å²) in [4.78, 5) is 22.7. The van der Waals surface area contributed by atoms with Gasteiger partial charge in [0.05, 0.1) is 6.61 Å². The Bertz CT molecular complexity index is 156. The van der Waals surface area contributed by atoms with Crippen LogP contribution < -0.4 is 4.72 Å². The van der Waals surface area contributed by atoms with E-state index in [1.165, 1.54) is 7.05 Å². The smallest absolute Gasteiger partial charge is 0.417 e. The van der Waals surface area contributed by atoms with Crippen molar-refractivity contribution in [3.63, 3.8) is 0 Å². The highest BCUT2D eigenvalue weighted by molar-refractivity contribution is 7.97. The zero-order valence-electron chi connectivity index (χ0n) is 7.29. The van der Waals surface area contributed by atoms with Crippen molar-refractivity contribution in [2.75, 3.05) is 19.9 Å². The molecule has 0 spiro atoms. The lowest BCUT2D eigenvalue weighted by Gasteiger charge is -2.13. The molecule has 12 heavy (non-hydrogen) atoms. The van der Waals surface area contributed by atoms with Crippen molar-refractivity contribution in [1.29, 1.82) is 0 Å². The quantitative estimate of drug-likeness (QED) is 0.665. The number of amides is 3. The van der Waals surface area contributed by atoms with Crippen LogP contribution in [-0.2, 0) is 4.74 Å². The lowest BCUT2D eigenvalue weighted by Crippen LogP contribution is -2.38. The molecule has 0 saturated carbocycles. The van der Waals surface area contributed by atoms with E-state index in [0.29, 0.717) is 0 Å². The maximum Gasteiger partial charge on any atom is 0.417 e. The molecule has 0 unspecified atom stereocenters. The van der Waals surface area contributed by atoms with Gasteiger partial charge < -0.3 is 4.74 Å². The van der Waals surface area contributed by atoms with Crippen LogP contribution in [0, 0.1) is 0 Å². The average Bonchev–Trinajstić information content (AvgIpc) is 2.04. The van der Waals surface area contributed by atoms with Crippen LogP contribution in [0.4, 0.5) is 9.59 Å². The van der Waals surface area contributed by atoms with E-state index in [0.717, 1.165) is 16.8 Å². The standard InChI is InChI=1S/C6H12N2O3S/c1-4-11-6(10)8(2)5(9)7-12-3/h4H2,1-3H3,(H,7,9). The molecule has 0 aliphatic heterocycles. The Morgan fingerprint density at radius 2 is 2.17 bits per heavy atom. The number of imide groups is 1. The van der Waals surface area contributed by atoms with E-state index in [4.69, 9.17) is 0 Å². The predicted octanol–water partition coefficient (Wildman–Crippen LogP) is 1.06. The summed E-state index contributed by atoms with van der Waals surface area (Å²) in [5.41, 5.74) is 0. The number of nitrogens with one attached hydrogen (secondary N) is 1. The Hall–Kier alpha value is -0.910. The first-order valence-electron chi connectivity index (χ1n) is 3.36. The van der Waals surface area contributed by atoms with Crippen LogP contribution >= 0.6 is 11.9 Å². The third-order valence-electron chi connectivity index (χ3n) is 1.04. The van der Waals surface area contributed by atoms with Crippen molar-refractivity contribution in [2.24, 2.45) is 0 Å². The number of nitrogens with zero attached hydrogens (tertiary/aromatic N) is 1. The first-order chi connectivity index (χ1) is 5.63. The SMILES string of the molecule is CCOC(=O)N(C)C(=O)NSC. The van der Waals surface area contributed by atoms with Crippen molar-refractivity contribution in [3.05, 3.63) is 0 Å². The van der Waals surface area contributed by atoms with Gasteiger partial charge in [-0.1, -0.05) is 11.9 Å². The van der Waals surface area contributed by atoms with Gasteiger partial charge in [-0.05, 0) is 6.92 Å². The van der Waals surface area contributed by atoms with E-state index in [2.05, 4.69) is 9.46 Å². The van der Waals surface area contributed by atoms with Crippen molar-refractivity contribution >= 4 is 24.1 Å². The zero-order chi connectivity index (χ0) is 9.56. The molecule has 1 N–H and O–H groups in total. The maximum atomic E-state index is 11.0. The first-order valence-corrected chi connectivity index (χ1v) is 4.59. The van der Waals surface area contributed by atoms with Crippen molar-refractivity contribution < 1.29 is 14.3 Å². The number of urea groups is 1. The third kappa shape index (κ3) is 3.47. The summed E-state index contributed by atoms with van der Waals surface area (Å²) in [5.74, 6) is 0. The fraction of sp³-hybridized carbons (Fsp3) is 0.667. The highest BCUT2D eigenvalue weighted by atomic mass is 32.2. The Morgan fingerprint density at radius 1 is 1.58 bits per heavy atom. The molecule has 0 fully saturated rings. The molecule has 0 aromatic rings. The maximum absolute atomic E-state index is 11.0. The van der Waals surface area contributed by atoms with E-state index in [9.17, 15) is 9.59 Å². The van der Waals surface area contributed by atoms with E-state index < -0.39 is 12.1 Å². The lowest BCUT2D eigenvalue weighted by atomic mass is 10.8. The fourth-order valence-electron chi connectivity index (χ4n) is 0.459. The van der Waals surface area contributed by atoms with Crippen LogP contribution in [0.2, 0.25) is 0 Å². The summed E-state index contributed by atoms with van der Waals surface area (Å²) in [5, 5.41) is 0. The first kappa shape index (κ1) is 11.1. The van der Waals surface area contributed by atoms with Gasteiger partial charge in [-0.25, -0.2) is 14.5 Å². The highest BCUT2D eigenvalue weighted by Gasteiger charge is 2.16. The van der Waals surface area contributed by atoms with Gasteiger partial charge in [0.25, 0.3) is 0 Å². The number of hydrogen-bond acceptors (Lipinski definition) is 4. The molecule has 0 saturated heterocycles. The topological polar surface area (TPSA) is 58.6 Å². The fourth-order valence-corrected chi connectivity index (χ4v) is 0.771. The van der Waals surface area contributed by atoms with Gasteiger partial charge in [0.15, 0.2) is 0 Å². The monoisotopic (exact) mass is 192 g/mol. The minimum atomic E-state index is -0.649. The van der Waals surface area contributed by atoms with Gasteiger partial charge >= 0.3 is 12.1 Å². The lowest BCUT2D eigenvalue weighted by molar-refractivity contribution is 0.123. The largest absolute Gasteiger partial charge is 0.449 e. The Morgan fingerprint density at radius 3 is 2.58 bits per heavy atom. The zero-order valence-corrected chi connectivity index (χ0v) is 8.10. The van der Waals surface area contributed by atoms with Gasteiger partial charge in [0, 0.05) is 13.3 Å². The molecule has 0 aliphatic rings. The predicted molar refractivity (Wildman–Crippen MR) is 46.8 cm³/mol. The normalized spacial score (nSPS) is 8.92. The molecule has 0 aromatic heterocycles. The molecule has 70 valence electrons. The number of rotatable bonds is 2. The molecule has 0 rings (SSSR count). The molecule has 0 atom stereocenters. The second kappa shape index (κ2) is 5.70. The number of carbonyl (C=O) groups excluding carboxylic acids is 2. The highest BCUT2D eigenvalue weighted by Crippen LogP contribution is 1.93. The second-order valence-corrected chi connectivity index (χ2v) is 2.48. The Balaban J connectivity index is 3.91. The van der Waals surface area contributed by atoms with Crippen LogP contribution in [0.15, 0.2) is 0 Å². The molecule has 6 heteroatoms. The van der Waals surface area contributed by atoms with Gasteiger partial charge in [-0.3, -0.25) is 4.72 Å². The molecule has 3 amide bonds. The minimum absolute atomic E-state index is 0.260. The van der Waals surface area contributed by atoms with Gasteiger partial charge in [0.1, 0.15) is 0 Å². The van der Waals surface area contributed by atoms with E-state index in [1.807, 2.05) is 0 Å². The van der Waals surface area contributed by atoms with E-state index in [1.54, 1.807) is 13.2 Å². The van der Waals surface area contributed by atoms with Crippen molar-refractivity contribution in [3.8, 4) is 0 Å². The van der Waals surface area contributed by atoms with Crippen LogP contribution in [-0.4, -0.2) is 36.9 Å². The van der Waals surface area contributed by atoms with Gasteiger partial charge in [-0.2, -0.15) is 0 Å². The van der Waals surface area contributed by atoms with Crippen LogP contribution in [0.3, 0.4) is 0 Å². The molecule has 0 bridgehead atoms. The van der Waals surface area contributed by atoms with Gasteiger partial charge in [0.2, 0.25) is 0 Å². The molecule has 0 aromatic carbocycles. The second-order valence-electron chi connectivity index (χ2n) is 1.87. The summed E-state index contributed by atoms with van der Waals surface area (Å²) in [6.07, 6.45) is 1.04. The summed E-state index contributed by atoms with van der Waals surface area (Å²) in [6.45, 7) is 1.94. The molecular weight excluding hydrogens is 180 g/mol. The summed E-state index contributed by atoms with van der Waals surface area (Å²) in [7, 11) is 1.35. The summed E-state index contributed by atoms with van der Waals surface area (Å²) >= 11 is 1.12.